The number of guanidine groups is 1. The summed E-state index contributed by atoms with van der Waals surface area (Å²) in [6.45, 7) is 10.5. The molecule has 0 amide bonds. The molecule has 1 unspecified atom stereocenters. The quantitative estimate of drug-likeness (QED) is 0.203. The van der Waals surface area contributed by atoms with Crippen LogP contribution in [0.2, 0.25) is 0 Å². The second-order valence-electron chi connectivity index (χ2n) is 7.74. The van der Waals surface area contributed by atoms with Crippen molar-refractivity contribution in [2.45, 2.75) is 39.3 Å². The highest BCUT2D eigenvalue weighted by atomic mass is 127. The van der Waals surface area contributed by atoms with E-state index < -0.39 is 0 Å². The predicted octanol–water partition coefficient (Wildman–Crippen LogP) is 3.36. The van der Waals surface area contributed by atoms with Crippen LogP contribution in [0.3, 0.4) is 0 Å². The third-order valence-electron chi connectivity index (χ3n) is 5.55. The van der Waals surface area contributed by atoms with Gasteiger partial charge in [-0.3, -0.25) is 9.89 Å². The summed E-state index contributed by atoms with van der Waals surface area (Å²) < 4.78 is 21.1. The van der Waals surface area contributed by atoms with Gasteiger partial charge < -0.3 is 19.9 Å². The van der Waals surface area contributed by atoms with Gasteiger partial charge in [0.2, 0.25) is 0 Å². The number of nitrogens with zero attached hydrogens (tertiary/aromatic N) is 4. The molecule has 0 aliphatic carbocycles. The van der Waals surface area contributed by atoms with E-state index >= 15 is 0 Å². The number of nitrogens with one attached hydrogen (secondary N) is 2. The highest BCUT2D eigenvalue weighted by Gasteiger charge is 2.22. The van der Waals surface area contributed by atoms with Crippen LogP contribution in [0.5, 0.6) is 0 Å². The average molecular weight is 558 g/mol. The Morgan fingerprint density at radius 1 is 1.19 bits per heavy atom. The zero-order valence-corrected chi connectivity index (χ0v) is 21.4. The van der Waals surface area contributed by atoms with Crippen molar-refractivity contribution in [2.24, 2.45) is 4.99 Å². The van der Waals surface area contributed by atoms with Gasteiger partial charge in [-0.2, -0.15) is 0 Å². The molecule has 1 saturated heterocycles. The number of unbranched alkanes of at least 4 members (excludes halogenated alkanes) is 1. The van der Waals surface area contributed by atoms with Gasteiger partial charge in [-0.05, 0) is 44.4 Å². The highest BCUT2D eigenvalue weighted by Crippen LogP contribution is 2.22. The molecule has 2 aromatic rings. The summed E-state index contributed by atoms with van der Waals surface area (Å²) >= 11 is 0. The summed E-state index contributed by atoms with van der Waals surface area (Å²) in [4.78, 5) is 11.5. The summed E-state index contributed by atoms with van der Waals surface area (Å²) in [6, 6.07) is 6.88. The van der Waals surface area contributed by atoms with E-state index in [-0.39, 0.29) is 35.8 Å². The maximum Gasteiger partial charge on any atom is 0.191 e. The number of hydrogen-bond donors (Lipinski definition) is 2. The number of rotatable bonds is 10. The van der Waals surface area contributed by atoms with Crippen molar-refractivity contribution in [2.75, 3.05) is 45.9 Å². The molecule has 1 aliphatic rings. The van der Waals surface area contributed by atoms with Gasteiger partial charge in [0.15, 0.2) is 5.96 Å². The lowest BCUT2D eigenvalue weighted by atomic mass is 10.0. The van der Waals surface area contributed by atoms with Crippen molar-refractivity contribution in [1.29, 1.82) is 0 Å². The van der Waals surface area contributed by atoms with E-state index in [9.17, 15) is 4.39 Å². The lowest BCUT2D eigenvalue weighted by Crippen LogP contribution is -2.42. The van der Waals surface area contributed by atoms with E-state index in [1.807, 2.05) is 31.5 Å². The molecule has 7 nitrogen and oxygen atoms in total. The molecule has 2 heterocycles. The Labute approximate surface area is 207 Å². The number of aromatic nitrogens is 2. The number of halogens is 2. The highest BCUT2D eigenvalue weighted by molar-refractivity contribution is 14.0. The van der Waals surface area contributed by atoms with Crippen LogP contribution in [0.25, 0.3) is 0 Å². The molecule has 0 bridgehead atoms. The number of benzene rings is 1. The fraction of sp³-hybridized carbons (Fsp3) is 0.565. The zero-order valence-electron chi connectivity index (χ0n) is 19.1. The van der Waals surface area contributed by atoms with Gasteiger partial charge in [0, 0.05) is 45.1 Å². The summed E-state index contributed by atoms with van der Waals surface area (Å²) in [7, 11) is 0. The van der Waals surface area contributed by atoms with Crippen molar-refractivity contribution >= 4 is 29.9 Å². The molecule has 1 fully saturated rings. The van der Waals surface area contributed by atoms with Crippen LogP contribution in [0, 0.1) is 12.7 Å². The SMILES string of the molecule is CCNC(=NCC(c1ccc(F)cc1)N1CCOCC1)NCCCCn1ccnc1C.I. The minimum atomic E-state index is -0.214. The fourth-order valence-corrected chi connectivity index (χ4v) is 3.78. The van der Waals surface area contributed by atoms with E-state index in [0.717, 1.165) is 76.1 Å². The second-order valence-corrected chi connectivity index (χ2v) is 7.74. The van der Waals surface area contributed by atoms with Crippen molar-refractivity contribution in [3.05, 3.63) is 53.9 Å². The first-order chi connectivity index (χ1) is 15.2. The van der Waals surface area contributed by atoms with Crippen LogP contribution in [-0.4, -0.2) is 66.3 Å². The molecule has 1 aromatic heterocycles. The molecule has 1 aliphatic heterocycles. The maximum atomic E-state index is 13.4. The van der Waals surface area contributed by atoms with Gasteiger partial charge in [0.05, 0.1) is 25.8 Å². The summed E-state index contributed by atoms with van der Waals surface area (Å²) in [5.41, 5.74) is 1.08. The monoisotopic (exact) mass is 558 g/mol. The molecular weight excluding hydrogens is 522 g/mol. The van der Waals surface area contributed by atoms with E-state index in [1.165, 1.54) is 12.1 Å². The molecule has 0 spiro atoms. The van der Waals surface area contributed by atoms with Crippen LogP contribution >= 0.6 is 24.0 Å². The largest absolute Gasteiger partial charge is 0.379 e. The molecular formula is C23H36FIN6O. The van der Waals surface area contributed by atoms with Gasteiger partial charge in [0.1, 0.15) is 11.6 Å². The van der Waals surface area contributed by atoms with Crippen LogP contribution in [0.1, 0.15) is 37.2 Å². The minimum Gasteiger partial charge on any atom is -0.379 e. The van der Waals surface area contributed by atoms with Crippen molar-refractivity contribution < 1.29 is 9.13 Å². The number of hydrogen-bond acceptors (Lipinski definition) is 4. The van der Waals surface area contributed by atoms with Crippen molar-refractivity contribution in [1.82, 2.24) is 25.1 Å². The van der Waals surface area contributed by atoms with Crippen molar-refractivity contribution in [3.8, 4) is 0 Å². The average Bonchev–Trinajstić information content (AvgIpc) is 3.20. The van der Waals surface area contributed by atoms with Crippen molar-refractivity contribution in [3.63, 3.8) is 0 Å². The molecule has 2 N–H and O–H groups in total. The third kappa shape index (κ3) is 8.32. The molecule has 1 atom stereocenters. The fourth-order valence-electron chi connectivity index (χ4n) is 3.78. The lowest BCUT2D eigenvalue weighted by Gasteiger charge is -2.34. The molecule has 1 aromatic carbocycles. The van der Waals surface area contributed by atoms with Crippen LogP contribution in [0.4, 0.5) is 4.39 Å². The smallest absolute Gasteiger partial charge is 0.191 e. The molecule has 178 valence electrons. The molecule has 3 rings (SSSR count). The van der Waals surface area contributed by atoms with Crippen LogP contribution in [0.15, 0.2) is 41.7 Å². The van der Waals surface area contributed by atoms with E-state index in [0.29, 0.717) is 6.54 Å². The van der Waals surface area contributed by atoms with E-state index in [1.54, 1.807) is 0 Å². The third-order valence-corrected chi connectivity index (χ3v) is 5.55. The Morgan fingerprint density at radius 2 is 1.94 bits per heavy atom. The Hall–Kier alpha value is -1.72. The molecule has 0 saturated carbocycles. The summed E-state index contributed by atoms with van der Waals surface area (Å²) in [5, 5.41) is 6.78. The molecule has 9 heteroatoms. The first-order valence-corrected chi connectivity index (χ1v) is 11.2. The Balaban J connectivity index is 0.00000363. The van der Waals surface area contributed by atoms with E-state index in [2.05, 4.69) is 32.0 Å². The van der Waals surface area contributed by atoms with Gasteiger partial charge in [0.25, 0.3) is 0 Å². The predicted molar refractivity (Wildman–Crippen MR) is 137 cm³/mol. The number of aliphatic imine (C=N–C) groups is 1. The second kappa shape index (κ2) is 14.4. The number of ether oxygens (including phenoxy) is 1. The standard InChI is InChI=1S/C23H35FN6O.HI/c1-3-25-23(27-10-4-5-12-29-13-11-26-19(29)2)28-18-22(30-14-16-31-17-15-30)20-6-8-21(24)9-7-20;/h6-9,11,13,22H,3-5,10,12,14-18H2,1-2H3,(H2,25,27,28);1H. The first-order valence-electron chi connectivity index (χ1n) is 11.2. The first kappa shape index (κ1) is 26.5. The summed E-state index contributed by atoms with van der Waals surface area (Å²) in [6.07, 6.45) is 5.99. The lowest BCUT2D eigenvalue weighted by molar-refractivity contribution is 0.0179. The number of aryl methyl sites for hydroxylation is 2. The Bertz CT molecular complexity index is 807. The Morgan fingerprint density at radius 3 is 2.59 bits per heavy atom. The topological polar surface area (TPSA) is 66.7 Å². The minimum absolute atomic E-state index is 0. The van der Waals surface area contributed by atoms with E-state index in [4.69, 9.17) is 9.73 Å². The van der Waals surface area contributed by atoms with Gasteiger partial charge in [-0.1, -0.05) is 12.1 Å². The Kier molecular flexibility index (Phi) is 12.0. The number of morpholine rings is 1. The summed E-state index contributed by atoms with van der Waals surface area (Å²) in [5.74, 6) is 1.66. The van der Waals surface area contributed by atoms with Gasteiger partial charge >= 0.3 is 0 Å². The van der Waals surface area contributed by atoms with Gasteiger partial charge in [-0.15, -0.1) is 24.0 Å². The molecule has 0 radical (unpaired) electrons. The normalized spacial score (nSPS) is 15.8. The number of imidazole rings is 1. The molecule has 32 heavy (non-hydrogen) atoms. The van der Waals surface area contributed by atoms with Crippen LogP contribution < -0.4 is 10.6 Å². The van der Waals surface area contributed by atoms with Gasteiger partial charge in [-0.25, -0.2) is 9.37 Å². The maximum absolute atomic E-state index is 13.4. The zero-order chi connectivity index (χ0) is 21.9. The van der Waals surface area contributed by atoms with Crippen LogP contribution in [-0.2, 0) is 11.3 Å².